The van der Waals surface area contributed by atoms with Gasteiger partial charge in [-0.3, -0.25) is 5.32 Å². The Labute approximate surface area is 128 Å². The smallest absolute Gasteiger partial charge is 0.323 e. The van der Waals surface area contributed by atoms with Crippen LogP contribution in [0, 0.1) is 11.7 Å². The van der Waals surface area contributed by atoms with Gasteiger partial charge in [-0.15, -0.1) is 0 Å². The molecule has 6 nitrogen and oxygen atoms in total. The zero-order chi connectivity index (χ0) is 15.5. The molecule has 2 amide bonds. The standard InChI is InChI=1S/C15H18FN5O/c1-11-4-6-20(9-13(11)21-7-5-17-10-21)15(22)19-14-3-2-12(16)8-18-14/h2-3,5,7-8,10-11,13H,4,6,9H2,1H3,(H,18,19,22). The van der Waals surface area contributed by atoms with Gasteiger partial charge < -0.3 is 9.47 Å². The lowest BCUT2D eigenvalue weighted by molar-refractivity contribution is 0.149. The number of hydrogen-bond acceptors (Lipinski definition) is 3. The molecule has 116 valence electrons. The van der Waals surface area contributed by atoms with Crippen molar-refractivity contribution in [2.45, 2.75) is 19.4 Å². The third kappa shape index (κ3) is 3.08. The minimum atomic E-state index is -0.426. The summed E-state index contributed by atoms with van der Waals surface area (Å²) in [5.74, 6) is 0.399. The average Bonchev–Trinajstić information content (AvgIpc) is 3.04. The van der Waals surface area contributed by atoms with Crippen LogP contribution in [0.2, 0.25) is 0 Å². The Hall–Kier alpha value is -2.44. The zero-order valence-electron chi connectivity index (χ0n) is 12.3. The monoisotopic (exact) mass is 303 g/mol. The lowest BCUT2D eigenvalue weighted by Crippen LogP contribution is -2.45. The molecule has 1 saturated heterocycles. The summed E-state index contributed by atoms with van der Waals surface area (Å²) in [7, 11) is 0. The molecular weight excluding hydrogens is 285 g/mol. The molecule has 1 aliphatic rings. The topological polar surface area (TPSA) is 63.1 Å². The van der Waals surface area contributed by atoms with Gasteiger partial charge in [-0.05, 0) is 24.5 Å². The maximum atomic E-state index is 12.8. The van der Waals surface area contributed by atoms with Crippen molar-refractivity contribution in [3.63, 3.8) is 0 Å². The van der Waals surface area contributed by atoms with Crippen LogP contribution in [0.15, 0.2) is 37.1 Å². The Morgan fingerprint density at radius 1 is 1.45 bits per heavy atom. The van der Waals surface area contributed by atoms with Crippen LogP contribution in [0.25, 0.3) is 0 Å². The molecule has 2 aromatic rings. The normalized spacial score (nSPS) is 21.6. The van der Waals surface area contributed by atoms with Crippen LogP contribution in [0.3, 0.4) is 0 Å². The predicted molar refractivity (Wildman–Crippen MR) is 79.8 cm³/mol. The van der Waals surface area contributed by atoms with Crippen molar-refractivity contribution < 1.29 is 9.18 Å². The maximum Gasteiger partial charge on any atom is 0.323 e. The number of hydrogen-bond donors (Lipinski definition) is 1. The van der Waals surface area contributed by atoms with Gasteiger partial charge in [-0.2, -0.15) is 0 Å². The molecule has 3 heterocycles. The van der Waals surface area contributed by atoms with Gasteiger partial charge in [0.25, 0.3) is 0 Å². The van der Waals surface area contributed by atoms with E-state index in [9.17, 15) is 9.18 Å². The van der Waals surface area contributed by atoms with E-state index in [4.69, 9.17) is 0 Å². The van der Waals surface area contributed by atoms with Crippen LogP contribution in [0.5, 0.6) is 0 Å². The molecule has 1 aliphatic heterocycles. The lowest BCUT2D eigenvalue weighted by atomic mass is 9.93. The Morgan fingerprint density at radius 3 is 3.00 bits per heavy atom. The number of anilines is 1. The lowest BCUT2D eigenvalue weighted by Gasteiger charge is -2.37. The van der Waals surface area contributed by atoms with Crippen molar-refractivity contribution in [2.75, 3.05) is 18.4 Å². The van der Waals surface area contributed by atoms with E-state index in [1.54, 1.807) is 17.4 Å². The predicted octanol–water partition coefficient (Wildman–Crippen LogP) is 2.53. The summed E-state index contributed by atoms with van der Waals surface area (Å²) in [6, 6.07) is 2.72. The first-order valence-electron chi connectivity index (χ1n) is 7.28. The molecule has 0 aliphatic carbocycles. The van der Waals surface area contributed by atoms with Crippen LogP contribution in [-0.4, -0.2) is 38.6 Å². The van der Waals surface area contributed by atoms with Crippen molar-refractivity contribution in [1.82, 2.24) is 19.4 Å². The summed E-state index contributed by atoms with van der Waals surface area (Å²) < 4.78 is 14.9. The van der Waals surface area contributed by atoms with Gasteiger partial charge in [0, 0.05) is 25.5 Å². The van der Waals surface area contributed by atoms with E-state index in [-0.39, 0.29) is 12.1 Å². The number of imidazole rings is 1. The van der Waals surface area contributed by atoms with E-state index < -0.39 is 5.82 Å². The van der Waals surface area contributed by atoms with Gasteiger partial charge in [-0.25, -0.2) is 19.2 Å². The number of piperidine rings is 1. The quantitative estimate of drug-likeness (QED) is 0.927. The summed E-state index contributed by atoms with van der Waals surface area (Å²) in [6.45, 7) is 3.49. The van der Waals surface area contributed by atoms with Crippen LogP contribution in [-0.2, 0) is 0 Å². The highest BCUT2D eigenvalue weighted by molar-refractivity contribution is 5.88. The molecule has 3 rings (SSSR count). The fraction of sp³-hybridized carbons (Fsp3) is 0.400. The number of urea groups is 1. The Kier molecular flexibility index (Phi) is 4.04. The second kappa shape index (κ2) is 6.13. The fourth-order valence-corrected chi connectivity index (χ4v) is 2.73. The molecule has 1 fully saturated rings. The highest BCUT2D eigenvalue weighted by atomic mass is 19.1. The summed E-state index contributed by atoms with van der Waals surface area (Å²) in [4.78, 5) is 22.0. The number of halogens is 1. The Morgan fingerprint density at radius 2 is 2.32 bits per heavy atom. The zero-order valence-corrected chi connectivity index (χ0v) is 12.3. The number of pyridine rings is 1. The molecule has 0 spiro atoms. The number of rotatable bonds is 2. The largest absolute Gasteiger partial charge is 0.332 e. The van der Waals surface area contributed by atoms with E-state index in [0.717, 1.165) is 12.6 Å². The van der Waals surface area contributed by atoms with E-state index in [2.05, 4.69) is 22.2 Å². The molecule has 1 N–H and O–H groups in total. The van der Waals surface area contributed by atoms with Crippen molar-refractivity contribution in [3.05, 3.63) is 42.9 Å². The molecule has 2 unspecified atom stereocenters. The first-order chi connectivity index (χ1) is 10.6. The highest BCUT2D eigenvalue weighted by Crippen LogP contribution is 2.27. The minimum absolute atomic E-state index is 0.211. The van der Waals surface area contributed by atoms with Gasteiger partial charge in [0.2, 0.25) is 0 Å². The highest BCUT2D eigenvalue weighted by Gasteiger charge is 2.29. The fourth-order valence-electron chi connectivity index (χ4n) is 2.73. The summed E-state index contributed by atoms with van der Waals surface area (Å²) >= 11 is 0. The molecule has 0 saturated carbocycles. The van der Waals surface area contributed by atoms with Crippen molar-refractivity contribution in [2.24, 2.45) is 5.92 Å². The molecule has 0 bridgehead atoms. The molecule has 0 radical (unpaired) electrons. The number of nitrogens with zero attached hydrogens (tertiary/aromatic N) is 4. The third-order valence-electron chi connectivity index (χ3n) is 4.08. The third-order valence-corrected chi connectivity index (χ3v) is 4.08. The number of amides is 2. The summed E-state index contributed by atoms with van der Waals surface area (Å²) in [6.07, 6.45) is 7.46. The van der Waals surface area contributed by atoms with Gasteiger partial charge >= 0.3 is 6.03 Å². The number of carbonyl (C=O) groups is 1. The SMILES string of the molecule is CC1CCN(C(=O)Nc2ccc(F)cn2)CC1n1ccnc1. The number of likely N-dealkylation sites (tertiary alicyclic amines) is 1. The van der Waals surface area contributed by atoms with E-state index in [0.29, 0.717) is 24.8 Å². The van der Waals surface area contributed by atoms with E-state index in [1.165, 1.54) is 12.1 Å². The molecule has 22 heavy (non-hydrogen) atoms. The van der Waals surface area contributed by atoms with Crippen LogP contribution in [0.1, 0.15) is 19.4 Å². The van der Waals surface area contributed by atoms with E-state index in [1.807, 2.05) is 10.8 Å². The van der Waals surface area contributed by atoms with Crippen LogP contribution in [0.4, 0.5) is 15.0 Å². The van der Waals surface area contributed by atoms with Crippen molar-refractivity contribution in [3.8, 4) is 0 Å². The first kappa shape index (κ1) is 14.5. The molecule has 2 atom stereocenters. The second-order valence-electron chi connectivity index (χ2n) is 5.58. The summed E-state index contributed by atoms with van der Waals surface area (Å²) in [5, 5.41) is 2.70. The number of carbonyl (C=O) groups excluding carboxylic acids is 1. The molecule has 2 aromatic heterocycles. The number of aromatic nitrogens is 3. The number of nitrogens with one attached hydrogen (secondary N) is 1. The van der Waals surface area contributed by atoms with Crippen LogP contribution >= 0.6 is 0 Å². The van der Waals surface area contributed by atoms with Gasteiger partial charge in [-0.1, -0.05) is 6.92 Å². The Bertz CT molecular complexity index is 628. The first-order valence-corrected chi connectivity index (χ1v) is 7.28. The maximum absolute atomic E-state index is 12.8. The van der Waals surface area contributed by atoms with Crippen molar-refractivity contribution in [1.29, 1.82) is 0 Å². The second-order valence-corrected chi connectivity index (χ2v) is 5.58. The molecule has 7 heteroatoms. The summed E-state index contributed by atoms with van der Waals surface area (Å²) in [5.41, 5.74) is 0. The molecular formula is C15H18FN5O. The molecule has 0 aromatic carbocycles. The minimum Gasteiger partial charge on any atom is -0.332 e. The van der Waals surface area contributed by atoms with Gasteiger partial charge in [0.05, 0.1) is 18.6 Å². The van der Waals surface area contributed by atoms with Gasteiger partial charge in [0.1, 0.15) is 11.6 Å². The van der Waals surface area contributed by atoms with Crippen LogP contribution < -0.4 is 5.32 Å². The van der Waals surface area contributed by atoms with Crippen molar-refractivity contribution >= 4 is 11.8 Å². The Balaban J connectivity index is 1.66. The van der Waals surface area contributed by atoms with Gasteiger partial charge in [0.15, 0.2) is 0 Å². The van der Waals surface area contributed by atoms with E-state index >= 15 is 0 Å². The average molecular weight is 303 g/mol.